The van der Waals surface area contributed by atoms with Crippen LogP contribution in [0.5, 0.6) is 0 Å². The first kappa shape index (κ1) is 22.4. The van der Waals surface area contributed by atoms with E-state index in [1.807, 2.05) is 20.0 Å². The van der Waals surface area contributed by atoms with Crippen LogP contribution in [0.25, 0.3) is 0 Å². The number of rotatable bonds is 7. The van der Waals surface area contributed by atoms with Gasteiger partial charge in [0.15, 0.2) is 0 Å². The third-order valence-corrected chi connectivity index (χ3v) is 5.27. The molecule has 1 aromatic heterocycles. The van der Waals surface area contributed by atoms with Crippen LogP contribution in [-0.4, -0.2) is 44.3 Å². The van der Waals surface area contributed by atoms with Gasteiger partial charge in [-0.25, -0.2) is 24.0 Å². The van der Waals surface area contributed by atoms with E-state index in [1.165, 1.54) is 12.1 Å². The standard InChI is InChI=1S/C20H24N6O4S/c1-13(2)24-20(28)18-5-3-4-17(25-18)19(27)22-10-14-11-23-26(12-14)15-6-8-16(9-7-15)31(21,29)30/h3-9,12-13,23H,10-11H2,1-2H3,(H,22,27)(H,24,28)(H2,21,29,30). The molecule has 0 fully saturated rings. The average Bonchev–Trinajstić information content (AvgIpc) is 3.20. The molecule has 1 aliphatic rings. The van der Waals surface area contributed by atoms with Crippen molar-refractivity contribution in [3.05, 3.63) is 65.6 Å². The maximum absolute atomic E-state index is 12.4. The Morgan fingerprint density at radius 2 is 1.77 bits per heavy atom. The van der Waals surface area contributed by atoms with Crippen LogP contribution < -0.4 is 26.2 Å². The van der Waals surface area contributed by atoms with E-state index in [0.29, 0.717) is 6.54 Å². The van der Waals surface area contributed by atoms with Crippen molar-refractivity contribution in [3.63, 3.8) is 0 Å². The number of aromatic nitrogens is 1. The predicted molar refractivity (Wildman–Crippen MR) is 116 cm³/mol. The predicted octanol–water partition coefficient (Wildman–Crippen LogP) is 0.506. The molecule has 0 bridgehead atoms. The summed E-state index contributed by atoms with van der Waals surface area (Å²) in [6.45, 7) is 4.47. The SMILES string of the molecule is CC(C)NC(=O)c1cccc(C(=O)NCC2=CN(c3ccc(S(N)(=O)=O)cc3)NC2)n1. The summed E-state index contributed by atoms with van der Waals surface area (Å²) in [6, 6.07) is 10.8. The van der Waals surface area contributed by atoms with Gasteiger partial charge in [-0.15, -0.1) is 0 Å². The van der Waals surface area contributed by atoms with Gasteiger partial charge in [-0.05, 0) is 55.8 Å². The van der Waals surface area contributed by atoms with Gasteiger partial charge in [0.05, 0.1) is 10.6 Å². The van der Waals surface area contributed by atoms with Crippen LogP contribution in [0.1, 0.15) is 34.8 Å². The van der Waals surface area contributed by atoms with E-state index < -0.39 is 15.9 Å². The molecular formula is C20H24N6O4S. The molecule has 0 atom stereocenters. The van der Waals surface area contributed by atoms with Crippen molar-refractivity contribution in [3.8, 4) is 0 Å². The Labute approximate surface area is 180 Å². The van der Waals surface area contributed by atoms with E-state index in [9.17, 15) is 18.0 Å². The van der Waals surface area contributed by atoms with Gasteiger partial charge in [-0.1, -0.05) is 6.07 Å². The molecule has 0 saturated heterocycles. The number of nitrogens with zero attached hydrogens (tertiary/aromatic N) is 2. The van der Waals surface area contributed by atoms with Crippen molar-refractivity contribution >= 4 is 27.5 Å². The van der Waals surface area contributed by atoms with Crippen molar-refractivity contribution in [1.82, 2.24) is 21.0 Å². The lowest BCUT2D eigenvalue weighted by molar-refractivity contribution is 0.0937. The molecule has 164 valence electrons. The Morgan fingerprint density at radius 1 is 1.13 bits per heavy atom. The van der Waals surface area contributed by atoms with Crippen LogP contribution in [0.4, 0.5) is 5.69 Å². The van der Waals surface area contributed by atoms with Crippen LogP contribution in [-0.2, 0) is 10.0 Å². The van der Waals surface area contributed by atoms with Crippen molar-refractivity contribution in [1.29, 1.82) is 0 Å². The average molecular weight is 445 g/mol. The minimum absolute atomic E-state index is 0.0312. The second-order valence-electron chi connectivity index (χ2n) is 7.25. The number of carbonyl (C=O) groups excluding carboxylic acids is 2. The minimum Gasteiger partial charge on any atom is -0.349 e. The first-order chi connectivity index (χ1) is 14.6. The molecule has 1 aliphatic heterocycles. The molecular weight excluding hydrogens is 420 g/mol. The molecule has 5 N–H and O–H groups in total. The molecule has 11 heteroatoms. The van der Waals surface area contributed by atoms with Crippen LogP contribution in [0, 0.1) is 0 Å². The molecule has 2 aromatic rings. The Kier molecular flexibility index (Phi) is 6.68. The quantitative estimate of drug-likeness (QED) is 0.486. The molecule has 31 heavy (non-hydrogen) atoms. The number of benzene rings is 1. The zero-order valence-corrected chi connectivity index (χ0v) is 17.9. The molecule has 0 saturated carbocycles. The summed E-state index contributed by atoms with van der Waals surface area (Å²) in [4.78, 5) is 28.7. The number of nitrogens with two attached hydrogens (primary N) is 1. The second kappa shape index (κ2) is 9.25. The molecule has 2 amide bonds. The number of primary sulfonamides is 1. The summed E-state index contributed by atoms with van der Waals surface area (Å²) < 4.78 is 22.7. The Hall–Kier alpha value is -3.28. The zero-order valence-electron chi connectivity index (χ0n) is 17.1. The third-order valence-electron chi connectivity index (χ3n) is 4.34. The van der Waals surface area contributed by atoms with Gasteiger partial charge in [-0.2, -0.15) is 0 Å². The van der Waals surface area contributed by atoms with Crippen molar-refractivity contribution in [2.45, 2.75) is 24.8 Å². The summed E-state index contributed by atoms with van der Waals surface area (Å²) in [5, 5.41) is 12.4. The minimum atomic E-state index is -3.75. The van der Waals surface area contributed by atoms with Crippen molar-refractivity contribution in [2.75, 3.05) is 18.1 Å². The van der Waals surface area contributed by atoms with E-state index in [-0.39, 0.29) is 34.8 Å². The number of hydrazine groups is 1. The molecule has 0 unspecified atom stereocenters. The lowest BCUT2D eigenvalue weighted by atomic mass is 10.2. The fraction of sp³-hybridized carbons (Fsp3) is 0.250. The summed E-state index contributed by atoms with van der Waals surface area (Å²) in [5.74, 6) is -0.729. The number of hydrogen-bond donors (Lipinski definition) is 4. The van der Waals surface area contributed by atoms with Gasteiger partial charge in [0, 0.05) is 25.3 Å². The lowest BCUT2D eigenvalue weighted by Gasteiger charge is -2.15. The molecule has 0 aliphatic carbocycles. The van der Waals surface area contributed by atoms with Crippen LogP contribution in [0.3, 0.4) is 0 Å². The van der Waals surface area contributed by atoms with Gasteiger partial charge in [0.25, 0.3) is 11.8 Å². The number of anilines is 1. The van der Waals surface area contributed by atoms with E-state index in [1.54, 1.807) is 35.3 Å². The smallest absolute Gasteiger partial charge is 0.270 e. The largest absolute Gasteiger partial charge is 0.349 e. The second-order valence-corrected chi connectivity index (χ2v) is 8.81. The third kappa shape index (κ3) is 5.87. The fourth-order valence-corrected chi connectivity index (χ4v) is 3.35. The molecule has 3 rings (SSSR count). The van der Waals surface area contributed by atoms with Gasteiger partial charge in [-0.3, -0.25) is 14.6 Å². The number of carbonyl (C=O) groups is 2. The van der Waals surface area contributed by atoms with Gasteiger partial charge in [0.1, 0.15) is 11.4 Å². The number of amides is 2. The first-order valence-electron chi connectivity index (χ1n) is 9.55. The monoisotopic (exact) mass is 444 g/mol. The highest BCUT2D eigenvalue weighted by Gasteiger charge is 2.17. The zero-order chi connectivity index (χ0) is 22.6. The summed E-state index contributed by atoms with van der Waals surface area (Å²) >= 11 is 0. The maximum atomic E-state index is 12.4. The van der Waals surface area contributed by atoms with Gasteiger partial charge in [0.2, 0.25) is 10.0 Å². The van der Waals surface area contributed by atoms with Crippen LogP contribution in [0.15, 0.2) is 59.1 Å². The summed E-state index contributed by atoms with van der Waals surface area (Å²) in [5.41, 5.74) is 5.08. The summed E-state index contributed by atoms with van der Waals surface area (Å²) in [7, 11) is -3.75. The number of sulfonamides is 1. The summed E-state index contributed by atoms with van der Waals surface area (Å²) in [6.07, 6.45) is 1.81. The lowest BCUT2D eigenvalue weighted by Crippen LogP contribution is -2.32. The highest BCUT2D eigenvalue weighted by molar-refractivity contribution is 7.89. The normalized spacial score (nSPS) is 13.8. The molecule has 0 spiro atoms. The Morgan fingerprint density at radius 3 is 2.39 bits per heavy atom. The molecule has 10 nitrogen and oxygen atoms in total. The van der Waals surface area contributed by atoms with Crippen LogP contribution >= 0.6 is 0 Å². The van der Waals surface area contributed by atoms with E-state index >= 15 is 0 Å². The Bertz CT molecular complexity index is 1110. The Balaban J connectivity index is 1.60. The fourth-order valence-electron chi connectivity index (χ4n) is 2.84. The van der Waals surface area contributed by atoms with Crippen LogP contribution in [0.2, 0.25) is 0 Å². The topological polar surface area (TPSA) is 147 Å². The van der Waals surface area contributed by atoms with E-state index in [0.717, 1.165) is 11.3 Å². The molecule has 0 radical (unpaired) electrons. The van der Waals surface area contributed by atoms with Crippen molar-refractivity contribution < 1.29 is 18.0 Å². The number of pyridine rings is 1. The number of hydrogen-bond acceptors (Lipinski definition) is 7. The van der Waals surface area contributed by atoms with Gasteiger partial charge >= 0.3 is 0 Å². The van der Waals surface area contributed by atoms with E-state index in [4.69, 9.17) is 5.14 Å². The number of nitrogens with one attached hydrogen (secondary N) is 3. The molecule has 2 heterocycles. The van der Waals surface area contributed by atoms with E-state index in [2.05, 4.69) is 21.0 Å². The van der Waals surface area contributed by atoms with Crippen molar-refractivity contribution in [2.24, 2.45) is 5.14 Å². The first-order valence-corrected chi connectivity index (χ1v) is 11.1. The highest BCUT2D eigenvalue weighted by Crippen LogP contribution is 2.19. The van der Waals surface area contributed by atoms with Gasteiger partial charge < -0.3 is 10.6 Å². The maximum Gasteiger partial charge on any atom is 0.270 e. The highest BCUT2D eigenvalue weighted by atomic mass is 32.2. The molecule has 1 aromatic carbocycles.